The van der Waals surface area contributed by atoms with E-state index in [1.54, 1.807) is 6.07 Å². The number of hydrogen-bond donors (Lipinski definition) is 0. The molecule has 0 saturated heterocycles. The summed E-state index contributed by atoms with van der Waals surface area (Å²) in [5.74, 6) is 1.43. The SMILES string of the molecule is CCCCCCCCC1CCC(c2ccc(C(=O)Oc3ccc(CCCC)cc3C#N)cc2)CC1. The van der Waals surface area contributed by atoms with Gasteiger partial charge in [-0.25, -0.2) is 4.79 Å². The number of hydrogen-bond acceptors (Lipinski definition) is 3. The first kappa shape index (κ1) is 27.0. The van der Waals surface area contributed by atoms with Gasteiger partial charge in [0.05, 0.1) is 11.1 Å². The van der Waals surface area contributed by atoms with Crippen molar-refractivity contribution in [1.29, 1.82) is 5.26 Å². The van der Waals surface area contributed by atoms with Crippen molar-refractivity contribution < 1.29 is 9.53 Å². The third-order valence-corrected chi connectivity index (χ3v) is 7.62. The first-order valence-electron chi connectivity index (χ1n) is 14.0. The minimum Gasteiger partial charge on any atom is -0.422 e. The maximum absolute atomic E-state index is 12.7. The molecule has 0 radical (unpaired) electrons. The van der Waals surface area contributed by atoms with E-state index >= 15 is 0 Å². The summed E-state index contributed by atoms with van der Waals surface area (Å²) in [6.07, 6.45) is 18.0. The van der Waals surface area contributed by atoms with Gasteiger partial charge in [-0.05, 0) is 85.8 Å². The summed E-state index contributed by atoms with van der Waals surface area (Å²) in [7, 11) is 0. The molecule has 3 heteroatoms. The first-order chi connectivity index (χ1) is 17.1. The largest absolute Gasteiger partial charge is 0.422 e. The highest BCUT2D eigenvalue weighted by Gasteiger charge is 2.22. The lowest BCUT2D eigenvalue weighted by Crippen LogP contribution is -2.14. The molecule has 0 heterocycles. The monoisotopic (exact) mass is 473 g/mol. The second kappa shape index (κ2) is 14.7. The van der Waals surface area contributed by atoms with E-state index in [2.05, 4.69) is 32.0 Å². The van der Waals surface area contributed by atoms with Crippen LogP contribution in [0.15, 0.2) is 42.5 Å². The Hall–Kier alpha value is -2.60. The van der Waals surface area contributed by atoms with Crippen LogP contribution in [-0.4, -0.2) is 5.97 Å². The van der Waals surface area contributed by atoms with Crippen LogP contribution in [0.4, 0.5) is 0 Å². The molecule has 1 aliphatic rings. The van der Waals surface area contributed by atoms with Gasteiger partial charge in [-0.2, -0.15) is 5.26 Å². The normalized spacial score (nSPS) is 17.6. The molecule has 0 aromatic heterocycles. The maximum atomic E-state index is 12.7. The second-order valence-electron chi connectivity index (χ2n) is 10.3. The van der Waals surface area contributed by atoms with E-state index in [4.69, 9.17) is 4.74 Å². The third kappa shape index (κ3) is 8.53. The smallest absolute Gasteiger partial charge is 0.343 e. The molecule has 0 unspecified atom stereocenters. The van der Waals surface area contributed by atoms with Gasteiger partial charge in [-0.15, -0.1) is 0 Å². The highest BCUT2D eigenvalue weighted by atomic mass is 16.5. The lowest BCUT2D eigenvalue weighted by Gasteiger charge is -2.29. The van der Waals surface area contributed by atoms with Gasteiger partial charge >= 0.3 is 5.97 Å². The molecule has 1 saturated carbocycles. The highest BCUT2D eigenvalue weighted by molar-refractivity contribution is 5.91. The Morgan fingerprint density at radius 3 is 2.26 bits per heavy atom. The zero-order chi connectivity index (χ0) is 24.9. The van der Waals surface area contributed by atoms with Crippen LogP contribution in [0.3, 0.4) is 0 Å². The number of nitriles is 1. The number of ether oxygens (including phenoxy) is 1. The van der Waals surface area contributed by atoms with Crippen LogP contribution in [0.1, 0.15) is 130 Å². The van der Waals surface area contributed by atoms with Crippen molar-refractivity contribution in [3.05, 3.63) is 64.7 Å². The number of esters is 1. The van der Waals surface area contributed by atoms with Crippen molar-refractivity contribution >= 4 is 5.97 Å². The zero-order valence-corrected chi connectivity index (χ0v) is 21.9. The molecule has 0 amide bonds. The van der Waals surface area contributed by atoms with Gasteiger partial charge in [-0.3, -0.25) is 0 Å². The Morgan fingerprint density at radius 1 is 0.886 bits per heavy atom. The van der Waals surface area contributed by atoms with E-state index in [-0.39, 0.29) is 0 Å². The van der Waals surface area contributed by atoms with Crippen LogP contribution >= 0.6 is 0 Å². The number of carbonyl (C=O) groups excluding carboxylic acids is 1. The predicted molar refractivity (Wildman–Crippen MR) is 144 cm³/mol. The molecule has 2 aromatic rings. The minimum absolute atomic E-state index is 0.338. The van der Waals surface area contributed by atoms with Crippen LogP contribution in [0.2, 0.25) is 0 Å². The number of unbranched alkanes of at least 4 members (excludes halogenated alkanes) is 6. The van der Waals surface area contributed by atoms with Crippen LogP contribution in [0.5, 0.6) is 5.75 Å². The third-order valence-electron chi connectivity index (χ3n) is 7.62. The molecule has 3 nitrogen and oxygen atoms in total. The van der Waals surface area contributed by atoms with Crippen molar-refractivity contribution in [2.45, 2.75) is 110 Å². The molecule has 0 N–H and O–H groups in total. The topological polar surface area (TPSA) is 50.1 Å². The van der Waals surface area contributed by atoms with E-state index < -0.39 is 5.97 Å². The van der Waals surface area contributed by atoms with Gasteiger partial charge in [0.1, 0.15) is 11.8 Å². The number of benzene rings is 2. The average Bonchev–Trinajstić information content (AvgIpc) is 2.90. The molecule has 3 rings (SSSR count). The van der Waals surface area contributed by atoms with Crippen molar-refractivity contribution in [3.63, 3.8) is 0 Å². The standard InChI is InChI=1S/C32H43NO2/c1-3-5-7-8-9-10-12-25-13-16-27(17-14-25)28-18-20-29(21-19-28)32(34)35-31-22-15-26(11-6-4-2)23-30(31)24-33/h15,18-23,25,27H,3-14,16-17H2,1-2H3. The summed E-state index contributed by atoms with van der Waals surface area (Å²) in [6.45, 7) is 4.42. The van der Waals surface area contributed by atoms with E-state index in [1.807, 2.05) is 24.3 Å². The Bertz CT molecular complexity index is 949. The van der Waals surface area contributed by atoms with Crippen LogP contribution in [0.25, 0.3) is 0 Å². The molecule has 0 bridgehead atoms. The average molecular weight is 474 g/mol. The van der Waals surface area contributed by atoms with E-state index in [0.717, 1.165) is 30.7 Å². The van der Waals surface area contributed by atoms with Gasteiger partial charge in [0, 0.05) is 0 Å². The van der Waals surface area contributed by atoms with Crippen LogP contribution in [0, 0.1) is 17.2 Å². The fraction of sp³-hybridized carbons (Fsp3) is 0.562. The minimum atomic E-state index is -0.406. The number of nitrogens with zero attached hydrogens (tertiary/aromatic N) is 1. The number of rotatable bonds is 13. The molecule has 1 aliphatic carbocycles. The number of carbonyl (C=O) groups is 1. The lowest BCUT2D eigenvalue weighted by molar-refractivity contribution is 0.0734. The van der Waals surface area contributed by atoms with E-state index in [9.17, 15) is 10.1 Å². The fourth-order valence-corrected chi connectivity index (χ4v) is 5.34. The van der Waals surface area contributed by atoms with Crippen LogP contribution < -0.4 is 4.74 Å². The van der Waals surface area contributed by atoms with Crippen molar-refractivity contribution in [2.75, 3.05) is 0 Å². The summed E-state index contributed by atoms with van der Waals surface area (Å²) in [5.41, 5.74) is 3.39. The number of aryl methyl sites for hydroxylation is 1. The van der Waals surface area contributed by atoms with E-state index in [0.29, 0.717) is 22.8 Å². The molecule has 2 aromatic carbocycles. The van der Waals surface area contributed by atoms with E-state index in [1.165, 1.54) is 76.2 Å². The zero-order valence-electron chi connectivity index (χ0n) is 21.9. The summed E-state index contributed by atoms with van der Waals surface area (Å²) in [6, 6.07) is 15.6. The molecule has 1 fully saturated rings. The van der Waals surface area contributed by atoms with Gasteiger partial charge in [0.15, 0.2) is 0 Å². The fourth-order valence-electron chi connectivity index (χ4n) is 5.34. The summed E-state index contributed by atoms with van der Waals surface area (Å²) >= 11 is 0. The van der Waals surface area contributed by atoms with Gasteiger partial charge in [0.2, 0.25) is 0 Å². The lowest BCUT2D eigenvalue weighted by atomic mass is 9.77. The Labute approximate surface area is 212 Å². The quantitative estimate of drug-likeness (QED) is 0.165. The van der Waals surface area contributed by atoms with Gasteiger partial charge in [0.25, 0.3) is 0 Å². The van der Waals surface area contributed by atoms with Gasteiger partial charge < -0.3 is 4.74 Å². The summed E-state index contributed by atoms with van der Waals surface area (Å²) < 4.78 is 5.59. The van der Waals surface area contributed by atoms with Crippen molar-refractivity contribution in [1.82, 2.24) is 0 Å². The second-order valence-corrected chi connectivity index (χ2v) is 10.3. The Balaban J connectivity index is 1.47. The van der Waals surface area contributed by atoms with Gasteiger partial charge in [-0.1, -0.05) is 83.4 Å². The maximum Gasteiger partial charge on any atom is 0.343 e. The highest BCUT2D eigenvalue weighted by Crippen LogP contribution is 2.38. The molecular weight excluding hydrogens is 430 g/mol. The Kier molecular flexibility index (Phi) is 11.4. The first-order valence-corrected chi connectivity index (χ1v) is 14.0. The van der Waals surface area contributed by atoms with Crippen molar-refractivity contribution in [2.24, 2.45) is 5.92 Å². The summed E-state index contributed by atoms with van der Waals surface area (Å²) in [5, 5.41) is 9.50. The molecular formula is C32H43NO2. The van der Waals surface area contributed by atoms with Crippen molar-refractivity contribution in [3.8, 4) is 11.8 Å². The molecule has 35 heavy (non-hydrogen) atoms. The molecule has 0 spiro atoms. The summed E-state index contributed by atoms with van der Waals surface area (Å²) in [4.78, 5) is 12.7. The predicted octanol–water partition coefficient (Wildman–Crippen LogP) is 9.14. The molecule has 188 valence electrons. The Morgan fingerprint density at radius 2 is 1.57 bits per heavy atom. The molecule has 0 atom stereocenters. The molecule has 0 aliphatic heterocycles. The van der Waals surface area contributed by atoms with Crippen LogP contribution in [-0.2, 0) is 6.42 Å².